The number of hydrogen-bond donors (Lipinski definition) is 0. The van der Waals surface area contributed by atoms with Crippen LogP contribution in [0.3, 0.4) is 0 Å². The molecule has 37 heavy (non-hydrogen) atoms. The van der Waals surface area contributed by atoms with E-state index < -0.39 is 10.0 Å². The first-order valence-electron chi connectivity index (χ1n) is 12.7. The Labute approximate surface area is 218 Å². The molecule has 196 valence electrons. The molecule has 0 unspecified atom stereocenters. The third-order valence-corrected chi connectivity index (χ3v) is 9.59. The van der Waals surface area contributed by atoms with Crippen LogP contribution in [0.4, 0.5) is 4.39 Å². The number of piperidine rings is 1. The summed E-state index contributed by atoms with van der Waals surface area (Å²) in [6.07, 6.45) is 6.03. The average molecular weight is 524 g/mol. The molecule has 0 spiro atoms. The van der Waals surface area contributed by atoms with Crippen molar-refractivity contribution >= 4 is 16.1 Å². The fourth-order valence-electron chi connectivity index (χ4n) is 5.53. The van der Waals surface area contributed by atoms with Gasteiger partial charge >= 0.3 is 0 Å². The van der Waals surface area contributed by atoms with Gasteiger partial charge in [-0.25, -0.2) is 17.5 Å². The fraction of sp³-hybridized carbons (Fsp3) is 0.414. The van der Waals surface area contributed by atoms with Crippen molar-refractivity contribution < 1.29 is 17.5 Å². The summed E-state index contributed by atoms with van der Waals surface area (Å²) in [7, 11) is -1.97. The summed E-state index contributed by atoms with van der Waals surface area (Å²) < 4.78 is 49.9. The molecule has 0 amide bonds. The van der Waals surface area contributed by atoms with E-state index in [1.807, 2.05) is 23.0 Å². The van der Waals surface area contributed by atoms with Crippen molar-refractivity contribution in [2.45, 2.75) is 50.3 Å². The minimum atomic E-state index is -3.65. The number of halogens is 1. The molecule has 1 aliphatic carbocycles. The van der Waals surface area contributed by atoms with Gasteiger partial charge < -0.3 is 4.74 Å². The van der Waals surface area contributed by atoms with Crippen molar-refractivity contribution in [2.24, 2.45) is 5.41 Å². The molecule has 6 nitrogen and oxygen atoms in total. The number of rotatable bonds is 6. The van der Waals surface area contributed by atoms with Gasteiger partial charge in [-0.2, -0.15) is 9.40 Å². The second-order valence-electron chi connectivity index (χ2n) is 11.2. The predicted molar refractivity (Wildman–Crippen MR) is 143 cm³/mol. The van der Waals surface area contributed by atoms with Crippen molar-refractivity contribution in [1.82, 2.24) is 14.1 Å². The van der Waals surface area contributed by atoms with E-state index in [0.717, 1.165) is 22.5 Å². The Morgan fingerprint density at radius 2 is 1.78 bits per heavy atom. The zero-order valence-corrected chi connectivity index (χ0v) is 22.7. The zero-order valence-electron chi connectivity index (χ0n) is 21.9. The van der Waals surface area contributed by atoms with Gasteiger partial charge in [-0.15, -0.1) is 0 Å². The van der Waals surface area contributed by atoms with Crippen LogP contribution in [0.1, 0.15) is 50.4 Å². The summed E-state index contributed by atoms with van der Waals surface area (Å²) in [5.74, 6) is -0.289. The molecular formula is C29H34FN3O3S. The quantitative estimate of drug-likeness (QED) is 0.436. The Morgan fingerprint density at radius 3 is 2.43 bits per heavy atom. The Balaban J connectivity index is 1.47. The maximum Gasteiger partial charge on any atom is 0.243 e. The highest BCUT2D eigenvalue weighted by Crippen LogP contribution is 2.47. The summed E-state index contributed by atoms with van der Waals surface area (Å²) in [5.41, 5.74) is 4.73. The SMILES string of the molecule is COCC[C@]12Cc3cnn(-c4ccc(F)cc4)c3C=C1CCN(S(=O)(=O)c1ccc(C(C)(C)C)cc1)C2. The van der Waals surface area contributed by atoms with Crippen LogP contribution >= 0.6 is 0 Å². The summed E-state index contributed by atoms with van der Waals surface area (Å²) in [6.45, 7) is 7.70. The van der Waals surface area contributed by atoms with Gasteiger partial charge in [0.25, 0.3) is 0 Å². The topological polar surface area (TPSA) is 64.4 Å². The number of nitrogens with zero attached hydrogens (tertiary/aromatic N) is 3. The summed E-state index contributed by atoms with van der Waals surface area (Å²) >= 11 is 0. The molecule has 1 aromatic heterocycles. The van der Waals surface area contributed by atoms with E-state index in [2.05, 4.69) is 31.9 Å². The van der Waals surface area contributed by atoms with Crippen LogP contribution in [0.25, 0.3) is 11.8 Å². The largest absolute Gasteiger partial charge is 0.385 e. The van der Waals surface area contributed by atoms with Gasteiger partial charge in [0.15, 0.2) is 0 Å². The monoisotopic (exact) mass is 523 g/mol. The highest BCUT2D eigenvalue weighted by atomic mass is 32.2. The highest BCUT2D eigenvalue weighted by Gasteiger charge is 2.45. The molecule has 3 aromatic rings. The standard InChI is InChI=1S/C29H34FN3O3S/c1-28(2,3)22-5-11-26(12-6-22)37(34,35)32-15-13-23-17-27-21(18-29(23,20-32)14-16-36-4)19-31-33(27)25-9-7-24(30)8-10-25/h5-12,17,19H,13-16,18,20H2,1-4H3/t29-/m1/s1. The second kappa shape index (κ2) is 9.49. The molecule has 2 heterocycles. The van der Waals surface area contributed by atoms with Crippen LogP contribution in [0.5, 0.6) is 0 Å². The predicted octanol–water partition coefficient (Wildman–Crippen LogP) is 5.37. The normalized spacial score (nSPS) is 20.3. The first-order valence-corrected chi connectivity index (χ1v) is 14.1. The summed E-state index contributed by atoms with van der Waals surface area (Å²) in [5, 5.41) is 4.60. The number of sulfonamides is 1. The van der Waals surface area contributed by atoms with Crippen LogP contribution in [-0.2, 0) is 26.6 Å². The lowest BCUT2D eigenvalue weighted by molar-refractivity contribution is 0.122. The molecule has 0 bridgehead atoms. The summed E-state index contributed by atoms with van der Waals surface area (Å²) in [4.78, 5) is 0.329. The van der Waals surface area contributed by atoms with E-state index in [1.165, 1.54) is 17.7 Å². The van der Waals surface area contributed by atoms with E-state index in [4.69, 9.17) is 4.74 Å². The van der Waals surface area contributed by atoms with Crippen molar-refractivity contribution in [2.75, 3.05) is 26.8 Å². The number of ether oxygens (including phenoxy) is 1. The van der Waals surface area contributed by atoms with Crippen LogP contribution < -0.4 is 0 Å². The lowest BCUT2D eigenvalue weighted by Gasteiger charge is -2.46. The number of hydrogen-bond acceptors (Lipinski definition) is 4. The van der Waals surface area contributed by atoms with Gasteiger partial charge in [-0.3, -0.25) is 0 Å². The first kappa shape index (κ1) is 25.8. The molecule has 2 aliphatic rings. The zero-order chi connectivity index (χ0) is 26.4. The molecule has 2 aromatic carbocycles. The highest BCUT2D eigenvalue weighted by molar-refractivity contribution is 7.89. The maximum atomic E-state index is 13.7. The van der Waals surface area contributed by atoms with Gasteiger partial charge in [-0.1, -0.05) is 38.5 Å². The molecule has 0 N–H and O–H groups in total. The summed E-state index contributed by atoms with van der Waals surface area (Å²) in [6, 6.07) is 13.6. The maximum absolute atomic E-state index is 13.7. The Bertz CT molecular complexity index is 1420. The van der Waals surface area contributed by atoms with E-state index in [1.54, 1.807) is 35.7 Å². The number of benzene rings is 2. The van der Waals surface area contributed by atoms with Crippen molar-refractivity contribution in [3.05, 3.63) is 82.9 Å². The van der Waals surface area contributed by atoms with E-state index in [9.17, 15) is 12.8 Å². The molecule has 8 heteroatoms. The van der Waals surface area contributed by atoms with Crippen LogP contribution in [0.15, 0.2) is 65.2 Å². The molecule has 5 rings (SSSR count). The van der Waals surface area contributed by atoms with Gasteiger partial charge in [0.05, 0.1) is 22.5 Å². The Morgan fingerprint density at radius 1 is 1.08 bits per heavy atom. The fourth-order valence-corrected chi connectivity index (χ4v) is 7.06. The van der Waals surface area contributed by atoms with Gasteiger partial charge in [-0.05, 0) is 78.3 Å². The molecule has 1 saturated heterocycles. The van der Waals surface area contributed by atoms with Gasteiger partial charge in [0.2, 0.25) is 10.0 Å². The van der Waals surface area contributed by atoms with Crippen molar-refractivity contribution in [3.63, 3.8) is 0 Å². The first-order chi connectivity index (χ1) is 17.5. The molecule has 1 fully saturated rings. The second-order valence-corrected chi connectivity index (χ2v) is 13.1. The van der Waals surface area contributed by atoms with Crippen molar-refractivity contribution in [1.29, 1.82) is 0 Å². The number of methoxy groups -OCH3 is 1. The molecule has 1 atom stereocenters. The smallest absolute Gasteiger partial charge is 0.243 e. The van der Waals surface area contributed by atoms with Crippen LogP contribution in [-0.4, -0.2) is 49.3 Å². The third kappa shape index (κ3) is 4.78. The number of aromatic nitrogens is 2. The van der Waals surface area contributed by atoms with E-state index in [0.29, 0.717) is 43.9 Å². The van der Waals surface area contributed by atoms with E-state index in [-0.39, 0.29) is 16.6 Å². The molecule has 0 radical (unpaired) electrons. The number of fused-ring (bicyclic) bond motifs is 2. The molecular weight excluding hydrogens is 489 g/mol. The minimum absolute atomic E-state index is 0.0461. The minimum Gasteiger partial charge on any atom is -0.385 e. The Kier molecular flexibility index (Phi) is 6.63. The molecule has 1 aliphatic heterocycles. The van der Waals surface area contributed by atoms with E-state index >= 15 is 0 Å². The lowest BCUT2D eigenvalue weighted by atomic mass is 9.67. The van der Waals surface area contributed by atoms with Crippen LogP contribution in [0.2, 0.25) is 0 Å². The van der Waals surface area contributed by atoms with Gasteiger partial charge in [0.1, 0.15) is 5.82 Å². The van der Waals surface area contributed by atoms with Crippen LogP contribution in [0, 0.1) is 11.2 Å². The van der Waals surface area contributed by atoms with Crippen molar-refractivity contribution in [3.8, 4) is 5.69 Å². The lowest BCUT2D eigenvalue weighted by Crippen LogP contribution is -2.49. The third-order valence-electron chi connectivity index (χ3n) is 7.73. The molecule has 0 saturated carbocycles. The average Bonchev–Trinajstić information content (AvgIpc) is 3.28. The Hall–Kier alpha value is -2.81. The van der Waals surface area contributed by atoms with Gasteiger partial charge in [0, 0.05) is 32.2 Å².